The summed E-state index contributed by atoms with van der Waals surface area (Å²) in [6.07, 6.45) is -4.15. The van der Waals surface area contributed by atoms with E-state index in [1.807, 2.05) is 6.07 Å². The summed E-state index contributed by atoms with van der Waals surface area (Å²) in [7, 11) is 0. The number of ether oxygens (including phenoxy) is 3. The van der Waals surface area contributed by atoms with Crippen LogP contribution in [0.3, 0.4) is 0 Å². The maximum atomic E-state index is 12.0. The van der Waals surface area contributed by atoms with Gasteiger partial charge >= 0.3 is 17.9 Å². The molecule has 0 spiro atoms. The van der Waals surface area contributed by atoms with Crippen LogP contribution in [-0.2, 0) is 28.6 Å². The van der Waals surface area contributed by atoms with Gasteiger partial charge < -0.3 is 39.7 Å². The standard InChI is InChI=1S/C25H32O11/c1-13-7-9-15(19(13)24(32)33)16(23(30)31)11-35-25-22(29)21(28)20(27)17(36-25)12-34-18(26)10-8-14-5-3-2-4-6-14/h2-6,8,10,13,15-17,19-22,25,27-29H,7,9,11-12H2,1H3,(H,30,31)(H,32,33). The highest BCUT2D eigenvalue weighted by atomic mass is 16.7. The van der Waals surface area contributed by atoms with Crippen LogP contribution in [-0.4, -0.2) is 87.4 Å². The van der Waals surface area contributed by atoms with Crippen LogP contribution >= 0.6 is 0 Å². The fraction of sp³-hybridized carbons (Fsp3) is 0.560. The van der Waals surface area contributed by atoms with Crippen molar-refractivity contribution in [3.05, 3.63) is 42.0 Å². The van der Waals surface area contributed by atoms with Gasteiger partial charge in [-0.1, -0.05) is 37.3 Å². The lowest BCUT2D eigenvalue weighted by atomic mass is 9.81. The molecular weight excluding hydrogens is 476 g/mol. The maximum absolute atomic E-state index is 12.0. The summed E-state index contributed by atoms with van der Waals surface area (Å²) < 4.78 is 16.1. The molecule has 0 aromatic heterocycles. The summed E-state index contributed by atoms with van der Waals surface area (Å²) in [5, 5.41) is 50.0. The minimum Gasteiger partial charge on any atom is -0.481 e. The number of carboxylic acids is 2. The molecule has 1 aliphatic carbocycles. The molecule has 11 nitrogen and oxygen atoms in total. The van der Waals surface area contributed by atoms with Crippen LogP contribution in [0.2, 0.25) is 0 Å². The van der Waals surface area contributed by atoms with Crippen molar-refractivity contribution in [2.75, 3.05) is 13.2 Å². The molecule has 3 rings (SSSR count). The van der Waals surface area contributed by atoms with Crippen LogP contribution in [0.25, 0.3) is 6.08 Å². The molecule has 0 amide bonds. The molecule has 9 atom stereocenters. The highest BCUT2D eigenvalue weighted by molar-refractivity contribution is 5.87. The third kappa shape index (κ3) is 6.68. The molecule has 198 valence electrons. The third-order valence-corrected chi connectivity index (χ3v) is 6.86. The first-order chi connectivity index (χ1) is 17.1. The average molecular weight is 509 g/mol. The monoisotopic (exact) mass is 508 g/mol. The summed E-state index contributed by atoms with van der Waals surface area (Å²) in [6.45, 7) is 0.810. The van der Waals surface area contributed by atoms with E-state index in [4.69, 9.17) is 14.2 Å². The van der Waals surface area contributed by atoms with Gasteiger partial charge in [-0.3, -0.25) is 9.59 Å². The number of aliphatic carboxylic acids is 2. The molecule has 0 radical (unpaired) electrons. The lowest BCUT2D eigenvalue weighted by Gasteiger charge is -2.40. The smallest absolute Gasteiger partial charge is 0.330 e. The largest absolute Gasteiger partial charge is 0.481 e. The number of hydrogen-bond acceptors (Lipinski definition) is 9. The van der Waals surface area contributed by atoms with E-state index >= 15 is 0 Å². The van der Waals surface area contributed by atoms with Crippen LogP contribution in [0, 0.1) is 23.7 Å². The van der Waals surface area contributed by atoms with Gasteiger partial charge in [-0.15, -0.1) is 0 Å². The molecular formula is C25H32O11. The van der Waals surface area contributed by atoms with Crippen molar-refractivity contribution >= 4 is 24.0 Å². The summed E-state index contributed by atoms with van der Waals surface area (Å²) in [4.78, 5) is 35.6. The summed E-state index contributed by atoms with van der Waals surface area (Å²) in [5.74, 6) is -5.97. The van der Waals surface area contributed by atoms with Gasteiger partial charge in [0.25, 0.3) is 0 Å². The first kappa shape index (κ1) is 27.8. The van der Waals surface area contributed by atoms with Gasteiger partial charge in [0.05, 0.1) is 18.4 Å². The van der Waals surface area contributed by atoms with E-state index in [-0.39, 0.29) is 5.92 Å². The molecule has 1 aromatic rings. The number of esters is 1. The van der Waals surface area contributed by atoms with Gasteiger partial charge in [-0.25, -0.2) is 4.79 Å². The van der Waals surface area contributed by atoms with Crippen molar-refractivity contribution in [2.45, 2.75) is 50.5 Å². The number of carboxylic acid groups (broad SMARTS) is 2. The number of hydrogen-bond donors (Lipinski definition) is 5. The number of carbonyl (C=O) groups is 3. The van der Waals surface area contributed by atoms with E-state index in [0.717, 1.165) is 5.56 Å². The Balaban J connectivity index is 1.60. The molecule has 36 heavy (non-hydrogen) atoms. The topological polar surface area (TPSA) is 180 Å². The number of aliphatic hydroxyl groups excluding tert-OH is 3. The molecule has 1 saturated heterocycles. The predicted octanol–water partition coefficient (Wildman–Crippen LogP) is 0.515. The average Bonchev–Trinajstić information content (AvgIpc) is 3.23. The van der Waals surface area contributed by atoms with Gasteiger partial charge in [-0.05, 0) is 36.3 Å². The Morgan fingerprint density at radius 1 is 1.06 bits per heavy atom. The molecule has 1 saturated carbocycles. The van der Waals surface area contributed by atoms with Gasteiger partial charge in [0.1, 0.15) is 31.0 Å². The SMILES string of the molecule is CC1CCC(C(COC2OC(COC(=O)C=Cc3ccccc3)C(O)C(O)C2O)C(=O)O)C1C(=O)O. The zero-order chi connectivity index (χ0) is 26.4. The van der Waals surface area contributed by atoms with Crippen LogP contribution < -0.4 is 0 Å². The van der Waals surface area contributed by atoms with Crippen molar-refractivity contribution in [2.24, 2.45) is 23.7 Å². The first-order valence-corrected chi connectivity index (χ1v) is 11.8. The van der Waals surface area contributed by atoms with Gasteiger partial charge in [0, 0.05) is 6.08 Å². The molecule has 1 aromatic carbocycles. The van der Waals surface area contributed by atoms with Gasteiger partial charge in [0.15, 0.2) is 6.29 Å². The zero-order valence-electron chi connectivity index (χ0n) is 19.8. The van der Waals surface area contributed by atoms with E-state index in [9.17, 15) is 39.9 Å². The van der Waals surface area contributed by atoms with Crippen molar-refractivity contribution in [1.29, 1.82) is 0 Å². The Kier molecular flexibility index (Phi) is 9.57. The molecule has 2 fully saturated rings. The number of carbonyl (C=O) groups excluding carboxylic acids is 1. The predicted molar refractivity (Wildman–Crippen MR) is 123 cm³/mol. The fourth-order valence-corrected chi connectivity index (χ4v) is 4.82. The second kappa shape index (κ2) is 12.4. The van der Waals surface area contributed by atoms with Crippen LogP contribution in [0.15, 0.2) is 36.4 Å². The molecule has 2 aliphatic rings. The Bertz CT molecular complexity index is 933. The van der Waals surface area contributed by atoms with Crippen LogP contribution in [0.5, 0.6) is 0 Å². The summed E-state index contributed by atoms with van der Waals surface area (Å²) in [5.41, 5.74) is 0.769. The molecule has 1 heterocycles. The quantitative estimate of drug-likeness (QED) is 0.220. The lowest BCUT2D eigenvalue weighted by molar-refractivity contribution is -0.304. The fourth-order valence-electron chi connectivity index (χ4n) is 4.82. The minimum atomic E-state index is -1.71. The molecule has 0 bridgehead atoms. The summed E-state index contributed by atoms with van der Waals surface area (Å²) >= 11 is 0. The van der Waals surface area contributed by atoms with E-state index in [2.05, 4.69) is 0 Å². The normalized spacial score (nSPS) is 33.3. The van der Waals surface area contributed by atoms with Crippen molar-refractivity contribution < 1.29 is 54.1 Å². The third-order valence-electron chi connectivity index (χ3n) is 6.86. The minimum absolute atomic E-state index is 0.196. The van der Waals surface area contributed by atoms with Gasteiger partial charge in [-0.2, -0.15) is 0 Å². The Hall–Kier alpha value is -2.83. The number of rotatable bonds is 10. The van der Waals surface area contributed by atoms with E-state index < -0.39 is 79.6 Å². The lowest BCUT2D eigenvalue weighted by Crippen LogP contribution is -2.59. The summed E-state index contributed by atoms with van der Waals surface area (Å²) in [6, 6.07) is 8.99. The molecule has 5 N–H and O–H groups in total. The van der Waals surface area contributed by atoms with E-state index in [1.165, 1.54) is 12.2 Å². The number of aliphatic hydroxyl groups is 3. The maximum Gasteiger partial charge on any atom is 0.330 e. The van der Waals surface area contributed by atoms with E-state index in [0.29, 0.717) is 12.8 Å². The Labute approximate surface area is 207 Å². The van der Waals surface area contributed by atoms with Gasteiger partial charge in [0.2, 0.25) is 0 Å². The van der Waals surface area contributed by atoms with E-state index in [1.54, 1.807) is 31.2 Å². The Morgan fingerprint density at radius 3 is 2.39 bits per heavy atom. The second-order valence-corrected chi connectivity index (χ2v) is 9.25. The number of benzene rings is 1. The second-order valence-electron chi connectivity index (χ2n) is 9.25. The van der Waals surface area contributed by atoms with Crippen molar-refractivity contribution in [3.63, 3.8) is 0 Å². The molecule has 9 unspecified atom stereocenters. The highest BCUT2D eigenvalue weighted by Gasteiger charge is 2.48. The zero-order valence-corrected chi connectivity index (χ0v) is 19.8. The molecule has 1 aliphatic heterocycles. The van der Waals surface area contributed by atoms with Crippen LogP contribution in [0.1, 0.15) is 25.3 Å². The van der Waals surface area contributed by atoms with Crippen molar-refractivity contribution in [3.8, 4) is 0 Å². The van der Waals surface area contributed by atoms with Crippen molar-refractivity contribution in [1.82, 2.24) is 0 Å². The Morgan fingerprint density at radius 2 is 1.75 bits per heavy atom. The first-order valence-electron chi connectivity index (χ1n) is 11.8. The highest BCUT2D eigenvalue weighted by Crippen LogP contribution is 2.42. The van der Waals surface area contributed by atoms with Crippen LogP contribution in [0.4, 0.5) is 0 Å². The molecule has 11 heteroatoms.